The Morgan fingerprint density at radius 2 is 1.14 bits per heavy atom. The smallest absolute Gasteiger partial charge is 0.342 e. The standard InChI is InChI=1S/C27H26O9/c1-3-5-7-21(28)33-26-17-11-9-15(13-19(17)24(31)35-26)23(30)16-10-12-18-20(14-16)25(32)36-27(18)34-22(29)8-6-4-2/h9-14,26-27H,3-8H2,1-2H3. The summed E-state index contributed by atoms with van der Waals surface area (Å²) in [5.41, 5.74) is 1.39. The minimum atomic E-state index is -1.15. The van der Waals surface area contributed by atoms with E-state index in [4.69, 9.17) is 18.9 Å². The molecule has 2 aromatic rings. The van der Waals surface area contributed by atoms with Gasteiger partial charge in [-0.3, -0.25) is 14.4 Å². The molecule has 2 aromatic carbocycles. The second-order valence-corrected chi connectivity index (χ2v) is 8.59. The highest BCUT2D eigenvalue weighted by molar-refractivity contribution is 6.11. The van der Waals surface area contributed by atoms with Crippen molar-refractivity contribution in [3.63, 3.8) is 0 Å². The topological polar surface area (TPSA) is 122 Å². The van der Waals surface area contributed by atoms with Crippen molar-refractivity contribution in [2.75, 3.05) is 0 Å². The quantitative estimate of drug-likeness (QED) is 0.341. The molecule has 2 heterocycles. The first-order valence-electron chi connectivity index (χ1n) is 12.0. The molecule has 0 spiro atoms. The molecule has 9 heteroatoms. The molecule has 0 aliphatic carbocycles. The first-order valence-corrected chi connectivity index (χ1v) is 12.0. The number of fused-ring (bicyclic) bond motifs is 2. The van der Waals surface area contributed by atoms with E-state index in [0.29, 0.717) is 24.0 Å². The molecular weight excluding hydrogens is 468 g/mol. The summed E-state index contributed by atoms with van der Waals surface area (Å²) in [5, 5.41) is 0. The Labute approximate surface area is 207 Å². The summed E-state index contributed by atoms with van der Waals surface area (Å²) in [6, 6.07) is 8.78. The van der Waals surface area contributed by atoms with Crippen molar-refractivity contribution in [3.05, 3.63) is 69.8 Å². The predicted octanol–water partition coefficient (Wildman–Crippen LogP) is 4.72. The number of unbranched alkanes of at least 4 members (excludes halogenated alkanes) is 2. The van der Waals surface area contributed by atoms with Crippen LogP contribution in [0.3, 0.4) is 0 Å². The van der Waals surface area contributed by atoms with Gasteiger partial charge in [0.2, 0.25) is 0 Å². The van der Waals surface area contributed by atoms with Crippen LogP contribution in [0.1, 0.15) is 113 Å². The molecular formula is C27H26O9. The Bertz CT molecular complexity index is 1140. The van der Waals surface area contributed by atoms with Gasteiger partial charge in [0, 0.05) is 35.1 Å². The molecule has 2 aliphatic rings. The van der Waals surface area contributed by atoms with Gasteiger partial charge in [-0.15, -0.1) is 0 Å². The summed E-state index contributed by atoms with van der Waals surface area (Å²) in [5.74, 6) is -2.77. The number of hydrogen-bond acceptors (Lipinski definition) is 9. The number of rotatable bonds is 10. The lowest BCUT2D eigenvalue weighted by Gasteiger charge is -2.12. The summed E-state index contributed by atoms with van der Waals surface area (Å²) in [7, 11) is 0. The van der Waals surface area contributed by atoms with Gasteiger partial charge >= 0.3 is 23.9 Å². The van der Waals surface area contributed by atoms with Gasteiger partial charge in [-0.2, -0.15) is 0 Å². The summed E-state index contributed by atoms with van der Waals surface area (Å²) < 4.78 is 20.9. The van der Waals surface area contributed by atoms with Crippen LogP contribution in [0.25, 0.3) is 0 Å². The lowest BCUT2D eigenvalue weighted by atomic mass is 9.96. The van der Waals surface area contributed by atoms with Crippen molar-refractivity contribution in [1.29, 1.82) is 0 Å². The zero-order valence-corrected chi connectivity index (χ0v) is 20.0. The molecule has 4 rings (SSSR count). The first-order chi connectivity index (χ1) is 17.3. The molecule has 0 saturated carbocycles. The van der Waals surface area contributed by atoms with Crippen LogP contribution in [0.2, 0.25) is 0 Å². The molecule has 0 N–H and O–H groups in total. The van der Waals surface area contributed by atoms with E-state index in [1.54, 1.807) is 0 Å². The number of ketones is 1. The maximum atomic E-state index is 13.1. The van der Waals surface area contributed by atoms with E-state index in [9.17, 15) is 24.0 Å². The van der Waals surface area contributed by atoms with Gasteiger partial charge in [-0.1, -0.05) is 38.8 Å². The minimum Gasteiger partial charge on any atom is -0.421 e. The van der Waals surface area contributed by atoms with E-state index in [-0.39, 0.29) is 35.1 Å². The third-order valence-electron chi connectivity index (χ3n) is 5.95. The van der Waals surface area contributed by atoms with Crippen molar-refractivity contribution in [1.82, 2.24) is 0 Å². The van der Waals surface area contributed by atoms with Gasteiger partial charge in [-0.05, 0) is 37.1 Å². The third-order valence-corrected chi connectivity index (χ3v) is 5.95. The van der Waals surface area contributed by atoms with Gasteiger partial charge < -0.3 is 18.9 Å². The van der Waals surface area contributed by atoms with E-state index < -0.39 is 42.2 Å². The van der Waals surface area contributed by atoms with E-state index in [1.807, 2.05) is 13.8 Å². The van der Waals surface area contributed by atoms with Crippen molar-refractivity contribution < 1.29 is 42.9 Å². The number of carbonyl (C=O) groups excluding carboxylic acids is 5. The summed E-state index contributed by atoms with van der Waals surface area (Å²) in [6.45, 7) is 3.89. The molecule has 2 atom stereocenters. The maximum Gasteiger partial charge on any atom is 0.342 e. The Balaban J connectivity index is 1.51. The van der Waals surface area contributed by atoms with Crippen LogP contribution in [-0.4, -0.2) is 29.7 Å². The van der Waals surface area contributed by atoms with E-state index in [2.05, 4.69) is 0 Å². The molecule has 0 saturated heterocycles. The molecule has 0 aromatic heterocycles. The summed E-state index contributed by atoms with van der Waals surface area (Å²) in [4.78, 5) is 61.7. The van der Waals surface area contributed by atoms with E-state index in [0.717, 1.165) is 12.8 Å². The number of esters is 4. The van der Waals surface area contributed by atoms with Gasteiger partial charge in [0.05, 0.1) is 11.1 Å². The fraction of sp³-hybridized carbons (Fsp3) is 0.370. The third kappa shape index (κ3) is 5.15. The van der Waals surface area contributed by atoms with Crippen molar-refractivity contribution >= 4 is 29.7 Å². The van der Waals surface area contributed by atoms with Crippen molar-refractivity contribution in [2.24, 2.45) is 0 Å². The van der Waals surface area contributed by atoms with E-state index in [1.165, 1.54) is 36.4 Å². The number of ether oxygens (including phenoxy) is 4. The lowest BCUT2D eigenvalue weighted by molar-refractivity contribution is -0.169. The average Bonchev–Trinajstić information content (AvgIpc) is 3.35. The van der Waals surface area contributed by atoms with Crippen molar-refractivity contribution in [2.45, 2.75) is 65.0 Å². The number of carbonyl (C=O) groups is 5. The molecule has 0 radical (unpaired) electrons. The van der Waals surface area contributed by atoms with Crippen LogP contribution in [0, 0.1) is 0 Å². The van der Waals surface area contributed by atoms with Crippen LogP contribution in [-0.2, 0) is 28.5 Å². The highest BCUT2D eigenvalue weighted by atomic mass is 16.7. The minimum absolute atomic E-state index is 0.133. The number of benzene rings is 2. The average molecular weight is 494 g/mol. The SMILES string of the molecule is CCCCC(=O)OC1OC(=O)c2cc(C(=O)c3ccc4c(c3)C(=O)OC4OC(=O)CCCC)ccc21. The van der Waals surface area contributed by atoms with Crippen LogP contribution < -0.4 is 0 Å². The predicted molar refractivity (Wildman–Crippen MR) is 124 cm³/mol. The normalized spacial score (nSPS) is 17.6. The zero-order chi connectivity index (χ0) is 25.8. The Hall–Kier alpha value is -4.01. The molecule has 188 valence electrons. The van der Waals surface area contributed by atoms with Crippen LogP contribution >= 0.6 is 0 Å². The fourth-order valence-corrected chi connectivity index (χ4v) is 3.95. The zero-order valence-electron chi connectivity index (χ0n) is 20.0. The maximum absolute atomic E-state index is 13.1. The molecule has 2 aliphatic heterocycles. The summed E-state index contributed by atoms with van der Waals surface area (Å²) >= 11 is 0. The Morgan fingerprint density at radius 3 is 1.53 bits per heavy atom. The Kier molecular flexibility index (Phi) is 7.47. The summed E-state index contributed by atoms with van der Waals surface area (Å²) in [6.07, 6.45) is 1.12. The second kappa shape index (κ2) is 10.7. The molecule has 0 bridgehead atoms. The van der Waals surface area contributed by atoms with Crippen LogP contribution in [0.5, 0.6) is 0 Å². The van der Waals surface area contributed by atoms with Gasteiger partial charge in [0.25, 0.3) is 12.6 Å². The van der Waals surface area contributed by atoms with Gasteiger partial charge in [-0.25, -0.2) is 9.59 Å². The molecule has 36 heavy (non-hydrogen) atoms. The second-order valence-electron chi connectivity index (χ2n) is 8.59. The van der Waals surface area contributed by atoms with Crippen LogP contribution in [0.15, 0.2) is 36.4 Å². The molecule has 0 fully saturated rings. The monoisotopic (exact) mass is 494 g/mol. The highest BCUT2D eigenvalue weighted by Gasteiger charge is 2.36. The molecule has 9 nitrogen and oxygen atoms in total. The fourth-order valence-electron chi connectivity index (χ4n) is 3.95. The van der Waals surface area contributed by atoms with Crippen LogP contribution in [0.4, 0.5) is 0 Å². The molecule has 0 amide bonds. The number of hydrogen-bond donors (Lipinski definition) is 0. The van der Waals surface area contributed by atoms with E-state index >= 15 is 0 Å². The largest absolute Gasteiger partial charge is 0.421 e. The lowest BCUT2D eigenvalue weighted by Crippen LogP contribution is -2.11. The van der Waals surface area contributed by atoms with Crippen molar-refractivity contribution in [3.8, 4) is 0 Å². The first kappa shape index (κ1) is 25.1. The Morgan fingerprint density at radius 1 is 0.722 bits per heavy atom. The molecule has 2 unspecified atom stereocenters. The highest BCUT2D eigenvalue weighted by Crippen LogP contribution is 2.35. The van der Waals surface area contributed by atoms with Gasteiger partial charge in [0.1, 0.15) is 0 Å². The van der Waals surface area contributed by atoms with Gasteiger partial charge in [0.15, 0.2) is 5.78 Å². The number of cyclic esters (lactones) is 2.